The van der Waals surface area contributed by atoms with Crippen molar-refractivity contribution in [2.45, 2.75) is 0 Å². The Morgan fingerprint density at radius 2 is 1.57 bits per heavy atom. The zero-order valence-electron chi connectivity index (χ0n) is 11.9. The maximum Gasteiger partial charge on any atom is 0.161 e. The highest BCUT2D eigenvalue weighted by Gasteiger charge is 2.11. The lowest BCUT2D eigenvalue weighted by Crippen LogP contribution is -2.08. The summed E-state index contributed by atoms with van der Waals surface area (Å²) >= 11 is 6.14. The molecule has 2 aromatic rings. The largest absolute Gasteiger partial charge is 0.493 e. The molecular weight excluding hydrogens is 288 g/mol. The van der Waals surface area contributed by atoms with Crippen LogP contribution in [0.25, 0.3) is 11.4 Å². The molecule has 0 heterocycles. The third-order valence-corrected chi connectivity index (χ3v) is 3.48. The first-order chi connectivity index (χ1) is 10.1. The zero-order chi connectivity index (χ0) is 15.4. The van der Waals surface area contributed by atoms with Crippen molar-refractivity contribution >= 4 is 23.0 Å². The lowest BCUT2D eigenvalue weighted by molar-refractivity contribution is 0.355. The molecule has 5 heteroatoms. The molecule has 0 saturated carbocycles. The molecular formula is C16H17ClN2O2. The van der Waals surface area contributed by atoms with E-state index >= 15 is 0 Å². The summed E-state index contributed by atoms with van der Waals surface area (Å²) in [5.74, 6) is 1.22. The van der Waals surface area contributed by atoms with Gasteiger partial charge in [0.25, 0.3) is 0 Å². The Kier molecular flexibility index (Phi) is 4.60. The molecule has 0 amide bonds. The van der Waals surface area contributed by atoms with Crippen molar-refractivity contribution in [2.75, 3.05) is 14.2 Å². The molecule has 0 aromatic heterocycles. The average molecular weight is 305 g/mol. The van der Waals surface area contributed by atoms with Crippen molar-refractivity contribution in [3.05, 3.63) is 58.6 Å². The summed E-state index contributed by atoms with van der Waals surface area (Å²) in [6, 6.07) is 12.7. The first-order valence-electron chi connectivity index (χ1n) is 6.31. The third kappa shape index (κ3) is 3.06. The van der Waals surface area contributed by atoms with E-state index in [1.807, 2.05) is 24.3 Å². The van der Waals surface area contributed by atoms with E-state index in [-0.39, 0.29) is 0 Å². The van der Waals surface area contributed by atoms with Crippen LogP contribution in [-0.2, 0) is 0 Å². The summed E-state index contributed by atoms with van der Waals surface area (Å²) in [6.45, 7) is 0. The molecule has 0 fully saturated rings. The highest BCUT2D eigenvalue weighted by Crippen LogP contribution is 2.31. The second kappa shape index (κ2) is 6.41. The molecule has 0 saturated heterocycles. The van der Waals surface area contributed by atoms with Gasteiger partial charge in [-0.25, -0.2) is 0 Å². The molecule has 0 unspecified atom stereocenters. The van der Waals surface area contributed by atoms with Crippen LogP contribution < -0.4 is 20.9 Å². The van der Waals surface area contributed by atoms with Crippen LogP contribution in [0.2, 0.25) is 5.02 Å². The second-order valence-electron chi connectivity index (χ2n) is 4.38. The monoisotopic (exact) mass is 304 g/mol. The maximum atomic E-state index is 6.15. The van der Waals surface area contributed by atoms with Gasteiger partial charge in [-0.15, -0.1) is 0 Å². The van der Waals surface area contributed by atoms with Crippen molar-refractivity contribution in [2.24, 2.45) is 11.5 Å². The number of methoxy groups -OCH3 is 2. The molecule has 4 nitrogen and oxygen atoms in total. The standard InChI is InChI=1S/C16H17ClN2O2/c1-20-13-8-7-10(9-14(13)21-2)15(18)16(19)11-5-3-4-6-12(11)17/h3-9H,18-19H2,1-2H3/b16-15-. The van der Waals surface area contributed by atoms with E-state index in [2.05, 4.69) is 0 Å². The molecule has 0 aliphatic carbocycles. The SMILES string of the molecule is COc1ccc(/C(N)=C(/N)c2ccccc2Cl)cc1OC. The van der Waals surface area contributed by atoms with Crippen LogP contribution in [0.15, 0.2) is 42.5 Å². The molecule has 2 rings (SSSR count). The quantitative estimate of drug-likeness (QED) is 0.852. The number of hydrogen-bond donors (Lipinski definition) is 2. The second-order valence-corrected chi connectivity index (χ2v) is 4.78. The van der Waals surface area contributed by atoms with Gasteiger partial charge in [-0.2, -0.15) is 0 Å². The van der Waals surface area contributed by atoms with Gasteiger partial charge in [-0.3, -0.25) is 0 Å². The Bertz CT molecular complexity index is 684. The van der Waals surface area contributed by atoms with E-state index in [0.717, 1.165) is 5.56 Å². The molecule has 2 aromatic carbocycles. The van der Waals surface area contributed by atoms with Gasteiger partial charge in [0.1, 0.15) is 0 Å². The van der Waals surface area contributed by atoms with Crippen molar-refractivity contribution in [3.8, 4) is 11.5 Å². The lowest BCUT2D eigenvalue weighted by atomic mass is 10.1. The van der Waals surface area contributed by atoms with Crippen molar-refractivity contribution in [3.63, 3.8) is 0 Å². The van der Waals surface area contributed by atoms with Gasteiger partial charge in [0.2, 0.25) is 0 Å². The van der Waals surface area contributed by atoms with E-state index in [9.17, 15) is 0 Å². The fraction of sp³-hybridized carbons (Fsp3) is 0.125. The fourth-order valence-electron chi connectivity index (χ4n) is 1.98. The Labute approximate surface area is 128 Å². The van der Waals surface area contributed by atoms with Gasteiger partial charge in [0.15, 0.2) is 11.5 Å². The number of hydrogen-bond acceptors (Lipinski definition) is 4. The number of halogens is 1. The summed E-state index contributed by atoms with van der Waals surface area (Å²) in [7, 11) is 3.15. The van der Waals surface area contributed by atoms with Crippen LogP contribution in [0.1, 0.15) is 11.1 Å². The first kappa shape index (κ1) is 15.1. The van der Waals surface area contributed by atoms with E-state index in [0.29, 0.717) is 33.5 Å². The van der Waals surface area contributed by atoms with E-state index in [1.165, 1.54) is 0 Å². The Morgan fingerprint density at radius 3 is 2.19 bits per heavy atom. The highest BCUT2D eigenvalue weighted by atomic mass is 35.5. The summed E-state index contributed by atoms with van der Waals surface area (Å²) in [5.41, 5.74) is 14.6. The number of rotatable bonds is 4. The molecule has 0 atom stereocenters. The topological polar surface area (TPSA) is 70.5 Å². The van der Waals surface area contributed by atoms with Crippen molar-refractivity contribution < 1.29 is 9.47 Å². The van der Waals surface area contributed by atoms with E-state index in [4.69, 9.17) is 32.5 Å². The van der Waals surface area contributed by atoms with Crippen LogP contribution >= 0.6 is 11.6 Å². The van der Waals surface area contributed by atoms with Crippen LogP contribution in [0, 0.1) is 0 Å². The molecule has 110 valence electrons. The molecule has 0 bridgehead atoms. The molecule has 0 aliphatic heterocycles. The highest BCUT2D eigenvalue weighted by molar-refractivity contribution is 6.32. The summed E-state index contributed by atoms with van der Waals surface area (Å²) in [4.78, 5) is 0. The van der Waals surface area contributed by atoms with Gasteiger partial charge in [0, 0.05) is 16.1 Å². The Morgan fingerprint density at radius 1 is 0.905 bits per heavy atom. The van der Waals surface area contributed by atoms with Crippen LogP contribution in [0.4, 0.5) is 0 Å². The van der Waals surface area contributed by atoms with Gasteiger partial charge in [0.05, 0.1) is 25.6 Å². The molecule has 21 heavy (non-hydrogen) atoms. The maximum absolute atomic E-state index is 6.15. The van der Waals surface area contributed by atoms with Crippen LogP contribution in [0.3, 0.4) is 0 Å². The predicted molar refractivity (Wildman–Crippen MR) is 86.2 cm³/mol. The molecule has 4 N–H and O–H groups in total. The predicted octanol–water partition coefficient (Wildman–Crippen LogP) is 3.10. The average Bonchev–Trinajstić information content (AvgIpc) is 2.53. The minimum absolute atomic E-state index is 0.424. The van der Waals surface area contributed by atoms with Gasteiger partial charge in [-0.05, 0) is 24.3 Å². The lowest BCUT2D eigenvalue weighted by Gasteiger charge is -2.12. The van der Waals surface area contributed by atoms with Crippen molar-refractivity contribution in [1.82, 2.24) is 0 Å². The summed E-state index contributed by atoms with van der Waals surface area (Å²) in [5, 5.41) is 0.554. The smallest absolute Gasteiger partial charge is 0.161 e. The summed E-state index contributed by atoms with van der Waals surface area (Å²) < 4.78 is 10.5. The fourth-order valence-corrected chi connectivity index (χ4v) is 2.22. The van der Waals surface area contributed by atoms with Crippen LogP contribution in [-0.4, -0.2) is 14.2 Å². The van der Waals surface area contributed by atoms with E-state index < -0.39 is 0 Å². The minimum Gasteiger partial charge on any atom is -0.493 e. The first-order valence-corrected chi connectivity index (χ1v) is 6.68. The Balaban J connectivity index is 2.50. The third-order valence-electron chi connectivity index (χ3n) is 3.15. The van der Waals surface area contributed by atoms with Gasteiger partial charge in [-0.1, -0.05) is 29.8 Å². The number of nitrogens with two attached hydrogens (primary N) is 2. The molecule has 0 spiro atoms. The molecule has 0 radical (unpaired) electrons. The summed E-state index contributed by atoms with van der Waals surface area (Å²) in [6.07, 6.45) is 0. The van der Waals surface area contributed by atoms with Crippen molar-refractivity contribution in [1.29, 1.82) is 0 Å². The van der Waals surface area contributed by atoms with Crippen LogP contribution in [0.5, 0.6) is 11.5 Å². The minimum atomic E-state index is 0.424. The van der Waals surface area contributed by atoms with E-state index in [1.54, 1.807) is 32.4 Å². The normalized spacial score (nSPS) is 11.8. The Hall–Kier alpha value is -2.33. The number of benzene rings is 2. The van der Waals surface area contributed by atoms with Gasteiger partial charge < -0.3 is 20.9 Å². The van der Waals surface area contributed by atoms with Gasteiger partial charge >= 0.3 is 0 Å². The zero-order valence-corrected chi connectivity index (χ0v) is 12.6. The molecule has 0 aliphatic rings. The number of ether oxygens (including phenoxy) is 2.